The number of pyridine rings is 2. The van der Waals surface area contributed by atoms with Crippen LogP contribution in [0.5, 0.6) is 11.5 Å². The van der Waals surface area contributed by atoms with Gasteiger partial charge < -0.3 is 10.2 Å². The van der Waals surface area contributed by atoms with Gasteiger partial charge in [-0.25, -0.2) is 19.9 Å². The molecule has 1 aromatic carbocycles. The Hall–Kier alpha value is -4.20. The lowest BCUT2D eigenvalue weighted by molar-refractivity contribution is 0.473. The molecule has 4 heterocycles. The SMILES string of the molecule is Oc1cnccc1-c1ncc2ccc3cnc(-c4ccncc4O)nc3c2n1. The van der Waals surface area contributed by atoms with Crippen molar-refractivity contribution in [3.8, 4) is 34.3 Å². The highest BCUT2D eigenvalue weighted by atomic mass is 16.3. The summed E-state index contributed by atoms with van der Waals surface area (Å²) in [6, 6.07) is 7.08. The fraction of sp³-hybridized carbons (Fsp3) is 0. The van der Waals surface area contributed by atoms with Crippen LogP contribution in [0.4, 0.5) is 0 Å². The number of aromatic hydroxyl groups is 2. The van der Waals surface area contributed by atoms with E-state index in [1.165, 1.54) is 12.4 Å². The van der Waals surface area contributed by atoms with Crippen LogP contribution in [0.15, 0.2) is 61.4 Å². The Morgan fingerprint density at radius 1 is 0.571 bits per heavy atom. The lowest BCUT2D eigenvalue weighted by Crippen LogP contribution is -1.95. The summed E-state index contributed by atoms with van der Waals surface area (Å²) in [5, 5.41) is 21.7. The minimum absolute atomic E-state index is 0.000825. The largest absolute Gasteiger partial charge is 0.506 e. The Labute approximate surface area is 158 Å². The topological polar surface area (TPSA) is 118 Å². The number of benzene rings is 1. The summed E-state index contributed by atoms with van der Waals surface area (Å²) in [7, 11) is 0. The number of fused-ring (bicyclic) bond motifs is 3. The van der Waals surface area contributed by atoms with E-state index in [-0.39, 0.29) is 11.5 Å². The van der Waals surface area contributed by atoms with Gasteiger partial charge >= 0.3 is 0 Å². The molecule has 5 rings (SSSR count). The summed E-state index contributed by atoms with van der Waals surface area (Å²) < 4.78 is 0. The van der Waals surface area contributed by atoms with Crippen molar-refractivity contribution in [3.05, 3.63) is 61.4 Å². The number of rotatable bonds is 2. The molecule has 0 amide bonds. The molecule has 28 heavy (non-hydrogen) atoms. The van der Waals surface area contributed by atoms with Gasteiger partial charge in [0.2, 0.25) is 0 Å². The molecule has 0 unspecified atom stereocenters. The summed E-state index contributed by atoms with van der Waals surface area (Å²) in [5.74, 6) is 0.733. The summed E-state index contributed by atoms with van der Waals surface area (Å²) in [6.07, 6.45) is 9.19. The van der Waals surface area contributed by atoms with Crippen LogP contribution in [0.3, 0.4) is 0 Å². The lowest BCUT2D eigenvalue weighted by Gasteiger charge is -2.08. The van der Waals surface area contributed by atoms with Gasteiger partial charge in [0.05, 0.1) is 23.5 Å². The Balaban J connectivity index is 1.78. The molecule has 4 aromatic heterocycles. The molecule has 134 valence electrons. The summed E-state index contributed by atoms with van der Waals surface area (Å²) >= 11 is 0. The molecule has 0 aliphatic heterocycles. The van der Waals surface area contributed by atoms with Gasteiger partial charge in [0, 0.05) is 35.6 Å². The number of hydrogen-bond donors (Lipinski definition) is 2. The zero-order valence-electron chi connectivity index (χ0n) is 14.4. The minimum atomic E-state index is -0.000825. The van der Waals surface area contributed by atoms with Gasteiger partial charge in [-0.3, -0.25) is 9.97 Å². The first-order valence-corrected chi connectivity index (χ1v) is 8.40. The molecule has 0 aliphatic carbocycles. The average molecular weight is 368 g/mol. The molecule has 0 spiro atoms. The molecule has 0 saturated heterocycles. The first kappa shape index (κ1) is 16.0. The highest BCUT2D eigenvalue weighted by molar-refractivity contribution is 6.03. The Morgan fingerprint density at radius 2 is 1.04 bits per heavy atom. The molecule has 8 heteroatoms. The third kappa shape index (κ3) is 2.55. The van der Waals surface area contributed by atoms with Crippen molar-refractivity contribution in [1.82, 2.24) is 29.9 Å². The second-order valence-electron chi connectivity index (χ2n) is 6.11. The van der Waals surface area contributed by atoms with Gasteiger partial charge in [-0.15, -0.1) is 0 Å². The molecule has 0 bridgehead atoms. The van der Waals surface area contributed by atoms with Crippen LogP contribution in [-0.2, 0) is 0 Å². The van der Waals surface area contributed by atoms with Crippen LogP contribution in [0.25, 0.3) is 44.6 Å². The van der Waals surface area contributed by atoms with E-state index >= 15 is 0 Å². The molecule has 2 N–H and O–H groups in total. The van der Waals surface area contributed by atoms with Crippen LogP contribution in [0.1, 0.15) is 0 Å². The van der Waals surface area contributed by atoms with Crippen molar-refractivity contribution in [2.24, 2.45) is 0 Å². The highest BCUT2D eigenvalue weighted by Crippen LogP contribution is 2.30. The van der Waals surface area contributed by atoms with E-state index in [4.69, 9.17) is 0 Å². The summed E-state index contributed by atoms with van der Waals surface area (Å²) in [4.78, 5) is 25.7. The Kier molecular flexibility index (Phi) is 3.55. The van der Waals surface area contributed by atoms with Gasteiger partial charge in [0.15, 0.2) is 11.6 Å². The van der Waals surface area contributed by atoms with Crippen LogP contribution >= 0.6 is 0 Å². The predicted octanol–water partition coefficient (Wildman–Crippen LogP) is 3.11. The molecule has 0 atom stereocenters. The molecule has 8 nitrogen and oxygen atoms in total. The normalized spacial score (nSPS) is 11.1. The van der Waals surface area contributed by atoms with Crippen molar-refractivity contribution in [1.29, 1.82) is 0 Å². The van der Waals surface area contributed by atoms with Crippen molar-refractivity contribution in [2.45, 2.75) is 0 Å². The summed E-state index contributed by atoms with van der Waals surface area (Å²) in [5.41, 5.74) is 2.21. The van der Waals surface area contributed by atoms with Crippen molar-refractivity contribution in [2.75, 3.05) is 0 Å². The second kappa shape index (κ2) is 6.20. The number of hydrogen-bond acceptors (Lipinski definition) is 8. The lowest BCUT2D eigenvalue weighted by atomic mass is 10.1. The van der Waals surface area contributed by atoms with Crippen LogP contribution < -0.4 is 0 Å². The van der Waals surface area contributed by atoms with E-state index in [1.807, 2.05) is 12.1 Å². The first-order valence-electron chi connectivity index (χ1n) is 8.40. The number of aromatic nitrogens is 6. The van der Waals surface area contributed by atoms with Crippen LogP contribution in [-0.4, -0.2) is 40.1 Å². The maximum Gasteiger partial charge on any atom is 0.163 e. The molecule has 0 fully saturated rings. The fourth-order valence-corrected chi connectivity index (χ4v) is 3.00. The first-order chi connectivity index (χ1) is 13.7. The third-order valence-electron chi connectivity index (χ3n) is 4.38. The van der Waals surface area contributed by atoms with E-state index < -0.39 is 0 Å². The molecular weight excluding hydrogens is 356 g/mol. The van der Waals surface area contributed by atoms with Crippen LogP contribution in [0.2, 0.25) is 0 Å². The predicted molar refractivity (Wildman–Crippen MR) is 102 cm³/mol. The molecule has 0 aliphatic rings. The van der Waals surface area contributed by atoms with Crippen molar-refractivity contribution >= 4 is 21.8 Å². The monoisotopic (exact) mass is 368 g/mol. The maximum absolute atomic E-state index is 10.1. The van der Waals surface area contributed by atoms with Crippen molar-refractivity contribution < 1.29 is 10.2 Å². The third-order valence-corrected chi connectivity index (χ3v) is 4.38. The zero-order chi connectivity index (χ0) is 19.1. The molecule has 5 aromatic rings. The highest BCUT2D eigenvalue weighted by Gasteiger charge is 2.13. The second-order valence-corrected chi connectivity index (χ2v) is 6.11. The van der Waals surface area contributed by atoms with Crippen LogP contribution in [0, 0.1) is 0 Å². The Morgan fingerprint density at radius 3 is 1.46 bits per heavy atom. The molecular formula is C20H12N6O2. The van der Waals surface area contributed by atoms with E-state index in [2.05, 4.69) is 29.9 Å². The van der Waals surface area contributed by atoms with E-state index in [0.717, 1.165) is 10.8 Å². The number of nitrogens with zero attached hydrogens (tertiary/aromatic N) is 6. The Bertz CT molecular complexity index is 1250. The van der Waals surface area contributed by atoms with Gasteiger partial charge in [-0.1, -0.05) is 12.1 Å². The van der Waals surface area contributed by atoms with Crippen molar-refractivity contribution in [3.63, 3.8) is 0 Å². The van der Waals surface area contributed by atoms with E-state index in [1.54, 1.807) is 36.9 Å². The van der Waals surface area contributed by atoms with Gasteiger partial charge in [-0.05, 0) is 12.1 Å². The fourth-order valence-electron chi connectivity index (χ4n) is 3.00. The van der Waals surface area contributed by atoms with E-state index in [0.29, 0.717) is 33.8 Å². The van der Waals surface area contributed by atoms with Gasteiger partial charge in [0.25, 0.3) is 0 Å². The van der Waals surface area contributed by atoms with Gasteiger partial charge in [-0.2, -0.15) is 0 Å². The quantitative estimate of drug-likeness (QED) is 0.456. The molecule has 0 radical (unpaired) electrons. The standard InChI is InChI=1S/C20H12N6O2/c27-15-9-21-5-3-13(15)19-23-7-11-1-2-12-8-24-20(26-18(12)17(11)25-19)14-4-6-22-10-16(14)28/h1-10,27-28H. The molecule has 0 saturated carbocycles. The van der Waals surface area contributed by atoms with E-state index in [9.17, 15) is 10.2 Å². The average Bonchev–Trinajstić information content (AvgIpc) is 2.74. The minimum Gasteiger partial charge on any atom is -0.506 e. The summed E-state index contributed by atoms with van der Waals surface area (Å²) in [6.45, 7) is 0. The maximum atomic E-state index is 10.1. The smallest absolute Gasteiger partial charge is 0.163 e. The zero-order valence-corrected chi connectivity index (χ0v) is 14.4. The van der Waals surface area contributed by atoms with Gasteiger partial charge in [0.1, 0.15) is 22.5 Å².